The maximum absolute atomic E-state index is 4.31. The van der Waals surface area contributed by atoms with E-state index in [2.05, 4.69) is 36.1 Å². The van der Waals surface area contributed by atoms with Gasteiger partial charge in [0.15, 0.2) is 0 Å². The Morgan fingerprint density at radius 1 is 1.38 bits per heavy atom. The van der Waals surface area contributed by atoms with Crippen LogP contribution >= 0.6 is 0 Å². The molecule has 0 aliphatic rings. The highest BCUT2D eigenvalue weighted by Crippen LogP contribution is 2.21. The van der Waals surface area contributed by atoms with E-state index in [9.17, 15) is 0 Å². The van der Waals surface area contributed by atoms with Gasteiger partial charge in [0.25, 0.3) is 0 Å². The minimum absolute atomic E-state index is 0.463. The van der Waals surface area contributed by atoms with E-state index in [4.69, 9.17) is 0 Å². The highest BCUT2D eigenvalue weighted by atomic mass is 15.0. The van der Waals surface area contributed by atoms with E-state index in [-0.39, 0.29) is 0 Å². The van der Waals surface area contributed by atoms with Crippen molar-refractivity contribution in [3.63, 3.8) is 0 Å². The van der Waals surface area contributed by atoms with Crippen LogP contribution in [0.1, 0.15) is 37.9 Å². The summed E-state index contributed by atoms with van der Waals surface area (Å²) in [4.78, 5) is 8.50. The van der Waals surface area contributed by atoms with Crippen molar-refractivity contribution in [3.8, 4) is 0 Å². The van der Waals surface area contributed by atoms with Crippen molar-refractivity contribution in [2.45, 2.75) is 33.1 Å². The minimum Gasteiger partial charge on any atom is -0.373 e. The maximum Gasteiger partial charge on any atom is 0.132 e. The summed E-state index contributed by atoms with van der Waals surface area (Å²) in [7, 11) is 1.89. The van der Waals surface area contributed by atoms with Crippen LogP contribution in [0.3, 0.4) is 0 Å². The van der Waals surface area contributed by atoms with Gasteiger partial charge in [0.05, 0.1) is 5.69 Å². The molecule has 0 bridgehead atoms. The summed E-state index contributed by atoms with van der Waals surface area (Å²) >= 11 is 0. The van der Waals surface area contributed by atoms with Gasteiger partial charge in [-0.05, 0) is 12.3 Å². The van der Waals surface area contributed by atoms with E-state index < -0.39 is 0 Å². The summed E-state index contributed by atoms with van der Waals surface area (Å²) < 4.78 is 0. The SMILES string of the molecule is CCc1c(NC)ncnc1C(C)C. The van der Waals surface area contributed by atoms with Gasteiger partial charge in [0.1, 0.15) is 12.1 Å². The lowest BCUT2D eigenvalue weighted by Crippen LogP contribution is -2.05. The molecule has 0 spiro atoms. The van der Waals surface area contributed by atoms with E-state index in [0.717, 1.165) is 17.9 Å². The third kappa shape index (κ3) is 1.97. The third-order valence-electron chi connectivity index (χ3n) is 2.12. The molecule has 0 amide bonds. The number of rotatable bonds is 3. The fourth-order valence-electron chi connectivity index (χ4n) is 1.49. The number of anilines is 1. The molecule has 0 saturated carbocycles. The van der Waals surface area contributed by atoms with Gasteiger partial charge in [0.2, 0.25) is 0 Å². The minimum atomic E-state index is 0.463. The lowest BCUT2D eigenvalue weighted by atomic mass is 10.0. The van der Waals surface area contributed by atoms with Crippen molar-refractivity contribution in [3.05, 3.63) is 17.6 Å². The molecular formula is C10H17N3. The van der Waals surface area contributed by atoms with Crippen LogP contribution in [0.5, 0.6) is 0 Å². The van der Waals surface area contributed by atoms with Crippen molar-refractivity contribution >= 4 is 5.82 Å². The number of hydrogen-bond acceptors (Lipinski definition) is 3. The first-order chi connectivity index (χ1) is 6.20. The van der Waals surface area contributed by atoms with E-state index in [1.807, 2.05) is 7.05 Å². The molecule has 0 fully saturated rings. The summed E-state index contributed by atoms with van der Waals surface area (Å²) in [6.45, 7) is 6.44. The summed E-state index contributed by atoms with van der Waals surface area (Å²) in [6.07, 6.45) is 2.60. The van der Waals surface area contributed by atoms with Gasteiger partial charge < -0.3 is 5.32 Å². The van der Waals surface area contributed by atoms with Crippen LogP contribution in [0.4, 0.5) is 5.82 Å². The van der Waals surface area contributed by atoms with Crippen LogP contribution < -0.4 is 5.32 Å². The summed E-state index contributed by atoms with van der Waals surface area (Å²) in [5.41, 5.74) is 2.39. The van der Waals surface area contributed by atoms with Crippen LogP contribution in [-0.4, -0.2) is 17.0 Å². The van der Waals surface area contributed by atoms with Gasteiger partial charge in [-0.25, -0.2) is 9.97 Å². The zero-order valence-corrected chi connectivity index (χ0v) is 8.76. The molecule has 1 aromatic rings. The zero-order chi connectivity index (χ0) is 9.84. The second kappa shape index (κ2) is 4.21. The van der Waals surface area contributed by atoms with Crippen LogP contribution in [0.25, 0.3) is 0 Å². The van der Waals surface area contributed by atoms with Crippen LogP contribution in [0.2, 0.25) is 0 Å². The Morgan fingerprint density at radius 2 is 2.08 bits per heavy atom. The standard InChI is InChI=1S/C10H17N3/c1-5-8-9(7(2)3)12-6-13-10(8)11-4/h6-7H,5H2,1-4H3,(H,11,12,13). The van der Waals surface area contributed by atoms with Crippen LogP contribution in [-0.2, 0) is 6.42 Å². The fourth-order valence-corrected chi connectivity index (χ4v) is 1.49. The molecule has 3 nitrogen and oxygen atoms in total. The van der Waals surface area contributed by atoms with E-state index >= 15 is 0 Å². The van der Waals surface area contributed by atoms with Crippen LogP contribution in [0, 0.1) is 0 Å². The van der Waals surface area contributed by atoms with Gasteiger partial charge in [0, 0.05) is 12.6 Å². The van der Waals surface area contributed by atoms with Gasteiger partial charge in [-0.2, -0.15) is 0 Å². The molecule has 0 aliphatic carbocycles. The van der Waals surface area contributed by atoms with E-state index in [0.29, 0.717) is 5.92 Å². The molecule has 0 saturated heterocycles. The molecule has 1 heterocycles. The number of nitrogens with zero attached hydrogens (tertiary/aromatic N) is 2. The molecular weight excluding hydrogens is 162 g/mol. The Hall–Kier alpha value is -1.12. The highest BCUT2D eigenvalue weighted by Gasteiger charge is 2.10. The Morgan fingerprint density at radius 3 is 2.54 bits per heavy atom. The lowest BCUT2D eigenvalue weighted by Gasteiger charge is -2.12. The summed E-state index contributed by atoms with van der Waals surface area (Å²) in [5.74, 6) is 1.42. The largest absolute Gasteiger partial charge is 0.373 e. The Balaban J connectivity index is 3.19. The first-order valence-corrected chi connectivity index (χ1v) is 4.72. The first kappa shape index (κ1) is 9.96. The molecule has 1 N–H and O–H groups in total. The van der Waals surface area contributed by atoms with Crippen molar-refractivity contribution in [2.75, 3.05) is 12.4 Å². The van der Waals surface area contributed by atoms with Gasteiger partial charge in [-0.1, -0.05) is 20.8 Å². The molecule has 0 radical (unpaired) electrons. The fraction of sp³-hybridized carbons (Fsp3) is 0.600. The number of nitrogens with one attached hydrogen (secondary N) is 1. The second-order valence-electron chi connectivity index (χ2n) is 3.34. The predicted molar refractivity (Wildman–Crippen MR) is 55.0 cm³/mol. The maximum atomic E-state index is 4.31. The van der Waals surface area contributed by atoms with E-state index in [1.54, 1.807) is 6.33 Å². The molecule has 0 atom stereocenters. The Labute approximate surface area is 79.6 Å². The second-order valence-corrected chi connectivity index (χ2v) is 3.34. The van der Waals surface area contributed by atoms with E-state index in [1.165, 1.54) is 5.56 Å². The lowest BCUT2D eigenvalue weighted by molar-refractivity contribution is 0.790. The normalized spacial score (nSPS) is 10.5. The quantitative estimate of drug-likeness (QED) is 0.773. The third-order valence-corrected chi connectivity index (χ3v) is 2.12. The molecule has 1 aromatic heterocycles. The Bertz CT molecular complexity index is 281. The molecule has 0 aromatic carbocycles. The molecule has 0 unspecified atom stereocenters. The van der Waals surface area contributed by atoms with Crippen molar-refractivity contribution < 1.29 is 0 Å². The van der Waals surface area contributed by atoms with Crippen molar-refractivity contribution in [1.82, 2.24) is 9.97 Å². The van der Waals surface area contributed by atoms with Gasteiger partial charge in [-0.3, -0.25) is 0 Å². The monoisotopic (exact) mass is 179 g/mol. The molecule has 3 heteroatoms. The number of hydrogen-bond donors (Lipinski definition) is 1. The number of aromatic nitrogens is 2. The van der Waals surface area contributed by atoms with Crippen LogP contribution in [0.15, 0.2) is 6.33 Å². The average Bonchev–Trinajstić information content (AvgIpc) is 2.16. The van der Waals surface area contributed by atoms with Gasteiger partial charge >= 0.3 is 0 Å². The Kier molecular flexibility index (Phi) is 3.23. The highest BCUT2D eigenvalue weighted by molar-refractivity contribution is 5.46. The molecule has 0 aliphatic heterocycles. The molecule has 13 heavy (non-hydrogen) atoms. The summed E-state index contributed by atoms with van der Waals surface area (Å²) in [6, 6.07) is 0. The van der Waals surface area contributed by atoms with Crippen molar-refractivity contribution in [2.24, 2.45) is 0 Å². The van der Waals surface area contributed by atoms with Gasteiger partial charge in [-0.15, -0.1) is 0 Å². The first-order valence-electron chi connectivity index (χ1n) is 4.72. The molecule has 1 rings (SSSR count). The molecule has 72 valence electrons. The zero-order valence-electron chi connectivity index (χ0n) is 8.76. The predicted octanol–water partition coefficient (Wildman–Crippen LogP) is 2.20. The smallest absolute Gasteiger partial charge is 0.132 e. The average molecular weight is 179 g/mol. The topological polar surface area (TPSA) is 37.8 Å². The van der Waals surface area contributed by atoms with Crippen molar-refractivity contribution in [1.29, 1.82) is 0 Å². The summed E-state index contributed by atoms with van der Waals surface area (Å²) in [5, 5.41) is 3.09.